The normalized spacial score (nSPS) is 11.3. The Balaban J connectivity index is 1.98. The molecule has 0 atom stereocenters. The first kappa shape index (κ1) is 20.0. The number of thiophene rings is 1. The van der Waals surface area contributed by atoms with Gasteiger partial charge in [-0.05, 0) is 42.5 Å². The molecule has 3 N–H and O–H groups in total. The van der Waals surface area contributed by atoms with Gasteiger partial charge in [0.2, 0.25) is 0 Å². The number of carbonyl (C=O) groups excluding carboxylic acids is 1. The molecule has 4 heterocycles. The maximum Gasteiger partial charge on any atom is 0.267 e. The zero-order chi connectivity index (χ0) is 21.3. The van der Waals surface area contributed by atoms with E-state index in [-0.39, 0.29) is 35.1 Å². The Labute approximate surface area is 175 Å². The molecule has 4 aromatic rings. The zero-order valence-electron chi connectivity index (χ0n) is 16.4. The monoisotopic (exact) mass is 423 g/mol. The second-order valence-electron chi connectivity index (χ2n) is 6.91. The van der Waals surface area contributed by atoms with Gasteiger partial charge in [0.05, 0.1) is 17.6 Å². The van der Waals surface area contributed by atoms with Crippen molar-refractivity contribution in [2.45, 2.75) is 19.9 Å². The predicted octanol–water partition coefficient (Wildman–Crippen LogP) is 1.46. The minimum Gasteiger partial charge on any atom is -0.395 e. The van der Waals surface area contributed by atoms with Crippen molar-refractivity contribution in [2.75, 3.05) is 13.2 Å². The summed E-state index contributed by atoms with van der Waals surface area (Å²) in [4.78, 5) is 31.6. The number of pyridine rings is 2. The van der Waals surface area contributed by atoms with Crippen molar-refractivity contribution < 1.29 is 9.90 Å². The van der Waals surface area contributed by atoms with Crippen molar-refractivity contribution in [3.63, 3.8) is 0 Å². The minimum atomic E-state index is -0.505. The van der Waals surface area contributed by atoms with E-state index in [9.17, 15) is 9.59 Å². The fourth-order valence-electron chi connectivity index (χ4n) is 3.43. The lowest BCUT2D eigenvalue weighted by Crippen LogP contribution is -2.36. The third-order valence-corrected chi connectivity index (χ3v) is 5.87. The van der Waals surface area contributed by atoms with Gasteiger partial charge in [-0.25, -0.2) is 4.98 Å². The second kappa shape index (κ2) is 8.21. The highest BCUT2D eigenvalue weighted by molar-refractivity contribution is 7.09. The molecular formula is C21H21N5O3S. The summed E-state index contributed by atoms with van der Waals surface area (Å²) in [6.45, 7) is 2.15. The summed E-state index contributed by atoms with van der Waals surface area (Å²) in [6, 6.07) is 9.05. The lowest BCUT2D eigenvalue weighted by molar-refractivity contribution is 0.0942. The van der Waals surface area contributed by atoms with E-state index in [1.807, 2.05) is 30.5 Å². The van der Waals surface area contributed by atoms with Crippen LogP contribution in [0.1, 0.15) is 20.8 Å². The van der Waals surface area contributed by atoms with E-state index in [4.69, 9.17) is 15.5 Å². The average molecular weight is 423 g/mol. The summed E-state index contributed by atoms with van der Waals surface area (Å²) in [6.07, 6.45) is 2.30. The van der Waals surface area contributed by atoms with Gasteiger partial charge < -0.3 is 15.0 Å². The van der Waals surface area contributed by atoms with E-state index in [0.717, 1.165) is 10.4 Å². The largest absolute Gasteiger partial charge is 0.395 e. The van der Waals surface area contributed by atoms with Crippen molar-refractivity contribution in [2.24, 2.45) is 0 Å². The number of aliphatic hydroxyl groups excluding tert-OH is 1. The highest BCUT2D eigenvalue weighted by Crippen LogP contribution is 2.15. The third kappa shape index (κ3) is 3.53. The van der Waals surface area contributed by atoms with E-state index >= 15 is 0 Å². The van der Waals surface area contributed by atoms with Gasteiger partial charge in [0.15, 0.2) is 0 Å². The smallest absolute Gasteiger partial charge is 0.267 e. The Hall–Kier alpha value is -3.30. The lowest BCUT2D eigenvalue weighted by atomic mass is 10.2. The summed E-state index contributed by atoms with van der Waals surface area (Å²) in [5.41, 5.74) is 1.52. The lowest BCUT2D eigenvalue weighted by Gasteiger charge is -2.15. The van der Waals surface area contributed by atoms with Gasteiger partial charge in [0, 0.05) is 24.2 Å². The average Bonchev–Trinajstić information content (AvgIpc) is 3.26. The standard InChI is InChI=1S/C21H21N5O3S/c1-13-4-2-8-26-18(13)24-19-16(21(26)29)12-15(20(28)23-7-10-27)17(22)25(19)9-6-14-5-3-11-30-14/h2-5,8,11-12,22,27H,6-7,9-10H2,1H3,(H,23,28). The van der Waals surface area contributed by atoms with Crippen LogP contribution >= 0.6 is 11.3 Å². The van der Waals surface area contributed by atoms with E-state index < -0.39 is 5.91 Å². The number of hydrogen-bond donors (Lipinski definition) is 3. The molecule has 0 unspecified atom stereocenters. The van der Waals surface area contributed by atoms with Crippen molar-refractivity contribution in [3.05, 3.63) is 73.8 Å². The molecule has 0 fully saturated rings. The van der Waals surface area contributed by atoms with Crippen molar-refractivity contribution >= 4 is 33.9 Å². The number of rotatable bonds is 6. The van der Waals surface area contributed by atoms with Crippen LogP contribution in [-0.4, -0.2) is 38.1 Å². The van der Waals surface area contributed by atoms with Gasteiger partial charge in [0.25, 0.3) is 11.5 Å². The van der Waals surface area contributed by atoms with E-state index in [1.54, 1.807) is 28.2 Å². The van der Waals surface area contributed by atoms with E-state index in [1.165, 1.54) is 10.5 Å². The maximum absolute atomic E-state index is 13.2. The second-order valence-corrected chi connectivity index (χ2v) is 7.94. The van der Waals surface area contributed by atoms with Gasteiger partial charge in [-0.1, -0.05) is 12.1 Å². The summed E-state index contributed by atoms with van der Waals surface area (Å²) < 4.78 is 3.08. The number of nitrogens with zero attached hydrogens (tertiary/aromatic N) is 3. The van der Waals surface area contributed by atoms with Crippen LogP contribution in [0.15, 0.2) is 46.7 Å². The molecule has 0 aliphatic heterocycles. The Morgan fingerprint density at radius 1 is 1.30 bits per heavy atom. The Morgan fingerprint density at radius 3 is 2.87 bits per heavy atom. The third-order valence-electron chi connectivity index (χ3n) is 4.94. The number of fused-ring (bicyclic) bond motifs is 2. The zero-order valence-corrected chi connectivity index (χ0v) is 17.2. The topological polar surface area (TPSA) is 112 Å². The van der Waals surface area contributed by atoms with Gasteiger partial charge in [-0.3, -0.25) is 19.4 Å². The molecule has 0 radical (unpaired) electrons. The molecule has 0 saturated carbocycles. The molecule has 9 heteroatoms. The Kier molecular flexibility index (Phi) is 5.47. The molecule has 0 aromatic carbocycles. The number of carbonyl (C=O) groups is 1. The van der Waals surface area contributed by atoms with Crippen LogP contribution in [0.4, 0.5) is 0 Å². The molecule has 4 rings (SSSR count). The highest BCUT2D eigenvalue weighted by Gasteiger charge is 2.18. The molecule has 0 bridgehead atoms. The van der Waals surface area contributed by atoms with Crippen molar-refractivity contribution in [1.29, 1.82) is 5.41 Å². The van der Waals surface area contributed by atoms with Gasteiger partial charge in [0.1, 0.15) is 16.8 Å². The fourth-order valence-corrected chi connectivity index (χ4v) is 4.13. The first-order chi connectivity index (χ1) is 14.5. The maximum atomic E-state index is 13.2. The van der Waals surface area contributed by atoms with Crippen LogP contribution in [0.5, 0.6) is 0 Å². The number of amides is 1. The highest BCUT2D eigenvalue weighted by atomic mass is 32.1. The molecule has 4 aromatic heterocycles. The van der Waals surface area contributed by atoms with Crippen LogP contribution in [0, 0.1) is 12.3 Å². The summed E-state index contributed by atoms with van der Waals surface area (Å²) >= 11 is 1.62. The summed E-state index contributed by atoms with van der Waals surface area (Å²) in [5.74, 6) is -0.505. The Morgan fingerprint density at radius 2 is 2.13 bits per heavy atom. The molecule has 0 spiro atoms. The molecule has 0 aliphatic rings. The van der Waals surface area contributed by atoms with Crippen LogP contribution in [0.3, 0.4) is 0 Å². The number of aliphatic hydroxyl groups is 1. The molecule has 1 amide bonds. The van der Waals surface area contributed by atoms with Crippen LogP contribution in [-0.2, 0) is 13.0 Å². The Bertz CT molecular complexity index is 1360. The first-order valence-electron chi connectivity index (χ1n) is 9.53. The van der Waals surface area contributed by atoms with Crippen LogP contribution in [0.2, 0.25) is 0 Å². The molecule has 0 saturated heterocycles. The fraction of sp³-hybridized carbons (Fsp3) is 0.238. The van der Waals surface area contributed by atoms with Crippen LogP contribution in [0.25, 0.3) is 16.7 Å². The van der Waals surface area contributed by atoms with Gasteiger partial charge in [-0.2, -0.15) is 0 Å². The minimum absolute atomic E-state index is 0.0145. The number of aromatic nitrogens is 3. The van der Waals surface area contributed by atoms with Crippen molar-refractivity contribution in [1.82, 2.24) is 19.3 Å². The SMILES string of the molecule is Cc1cccn2c(=O)c3cc(C(=O)NCCO)c(=N)n(CCc4cccs4)c3nc12. The van der Waals surface area contributed by atoms with Crippen LogP contribution < -0.4 is 16.4 Å². The summed E-state index contributed by atoms with van der Waals surface area (Å²) in [7, 11) is 0. The molecule has 154 valence electrons. The predicted molar refractivity (Wildman–Crippen MR) is 115 cm³/mol. The van der Waals surface area contributed by atoms with Gasteiger partial charge in [-0.15, -0.1) is 11.3 Å². The molecule has 8 nitrogen and oxygen atoms in total. The summed E-state index contributed by atoms with van der Waals surface area (Å²) in [5, 5.41) is 22.5. The first-order valence-corrected chi connectivity index (χ1v) is 10.4. The molecule has 30 heavy (non-hydrogen) atoms. The number of nitrogens with one attached hydrogen (secondary N) is 2. The van der Waals surface area contributed by atoms with Crippen molar-refractivity contribution in [3.8, 4) is 0 Å². The van der Waals surface area contributed by atoms with Gasteiger partial charge >= 0.3 is 0 Å². The molecule has 0 aliphatic carbocycles. The molecular weight excluding hydrogens is 402 g/mol. The number of hydrogen-bond acceptors (Lipinski definition) is 6. The number of aryl methyl sites for hydroxylation is 3. The quantitative estimate of drug-likeness (QED) is 0.408. The van der Waals surface area contributed by atoms with E-state index in [0.29, 0.717) is 24.3 Å². The van der Waals surface area contributed by atoms with E-state index in [2.05, 4.69) is 5.32 Å².